The van der Waals surface area contributed by atoms with Crippen molar-refractivity contribution >= 4 is 0 Å². The van der Waals surface area contributed by atoms with Gasteiger partial charge >= 0.3 is 6.61 Å². The summed E-state index contributed by atoms with van der Waals surface area (Å²) in [5, 5.41) is 3.53. The Bertz CT molecular complexity index is 630. The number of piperidine rings is 1. The minimum atomic E-state index is -2.86. The number of hydrogen-bond acceptors (Lipinski definition) is 5. The van der Waals surface area contributed by atoms with Crippen LogP contribution in [0.1, 0.15) is 50.5 Å². The van der Waals surface area contributed by atoms with Crippen molar-refractivity contribution in [2.45, 2.75) is 70.2 Å². The number of hydrogen-bond donors (Lipinski definition) is 1. The van der Waals surface area contributed by atoms with Crippen LogP contribution in [0.5, 0.6) is 17.2 Å². The molecule has 2 aliphatic heterocycles. The number of nitrogens with zero attached hydrogens (tertiary/aromatic N) is 1. The molecule has 0 amide bonds. The molecule has 3 aliphatic rings. The standard InChI is InChI=1S/C20H28F2N2O3/c21-20(22)27-17-11-19-18(25-13-26-19)10-14(17)12-23-15-4-6-16(7-5-15)24-8-2-1-3-9-24/h10-11,15-16,20,23H,1-9,12-13H2. The van der Waals surface area contributed by atoms with Crippen LogP contribution in [0.25, 0.3) is 0 Å². The lowest BCUT2D eigenvalue weighted by Gasteiger charge is -2.39. The molecular weight excluding hydrogens is 354 g/mol. The van der Waals surface area contributed by atoms with Crippen LogP contribution in [0.15, 0.2) is 12.1 Å². The van der Waals surface area contributed by atoms with Gasteiger partial charge in [0.2, 0.25) is 6.79 Å². The third kappa shape index (κ3) is 4.63. The number of halogens is 2. The highest BCUT2D eigenvalue weighted by molar-refractivity contribution is 5.51. The molecule has 5 nitrogen and oxygen atoms in total. The van der Waals surface area contributed by atoms with Crippen LogP contribution in [0.3, 0.4) is 0 Å². The van der Waals surface area contributed by atoms with Crippen LogP contribution in [-0.2, 0) is 6.54 Å². The second-order valence-corrected chi connectivity index (χ2v) is 7.67. The summed E-state index contributed by atoms with van der Waals surface area (Å²) in [4.78, 5) is 2.66. The highest BCUT2D eigenvalue weighted by Gasteiger charge is 2.27. The van der Waals surface area contributed by atoms with Crippen molar-refractivity contribution in [1.82, 2.24) is 10.2 Å². The van der Waals surface area contributed by atoms with E-state index in [0.717, 1.165) is 12.8 Å². The number of fused-ring (bicyclic) bond motifs is 1. The Morgan fingerprint density at radius 3 is 2.44 bits per heavy atom. The topological polar surface area (TPSA) is 43.0 Å². The van der Waals surface area contributed by atoms with E-state index in [1.54, 1.807) is 6.07 Å². The van der Waals surface area contributed by atoms with Crippen molar-refractivity contribution in [3.8, 4) is 17.2 Å². The summed E-state index contributed by atoms with van der Waals surface area (Å²) in [5.41, 5.74) is 0.678. The van der Waals surface area contributed by atoms with E-state index in [0.29, 0.717) is 35.7 Å². The van der Waals surface area contributed by atoms with Gasteiger partial charge < -0.3 is 24.4 Å². The number of alkyl halides is 2. The zero-order valence-corrected chi connectivity index (χ0v) is 15.6. The van der Waals surface area contributed by atoms with E-state index in [1.165, 1.54) is 51.3 Å². The normalized spacial score (nSPS) is 25.7. The number of benzene rings is 1. The van der Waals surface area contributed by atoms with Crippen LogP contribution >= 0.6 is 0 Å². The van der Waals surface area contributed by atoms with E-state index in [2.05, 4.69) is 10.2 Å². The van der Waals surface area contributed by atoms with Gasteiger partial charge in [-0.1, -0.05) is 6.42 Å². The van der Waals surface area contributed by atoms with Crippen molar-refractivity contribution < 1.29 is 23.0 Å². The summed E-state index contributed by atoms with van der Waals surface area (Å²) >= 11 is 0. The van der Waals surface area contributed by atoms with Crippen molar-refractivity contribution in [2.24, 2.45) is 0 Å². The summed E-state index contributed by atoms with van der Waals surface area (Å²) in [7, 11) is 0. The van der Waals surface area contributed by atoms with Gasteiger partial charge in [0.1, 0.15) is 5.75 Å². The summed E-state index contributed by atoms with van der Waals surface area (Å²) in [6, 6.07) is 4.37. The van der Waals surface area contributed by atoms with Crippen LogP contribution in [0.2, 0.25) is 0 Å². The lowest BCUT2D eigenvalue weighted by molar-refractivity contribution is -0.0505. The largest absolute Gasteiger partial charge is 0.454 e. The summed E-state index contributed by atoms with van der Waals surface area (Å²) in [6.07, 6.45) is 8.68. The Hall–Kier alpha value is -1.60. The minimum absolute atomic E-state index is 0.112. The number of ether oxygens (including phenoxy) is 3. The smallest absolute Gasteiger partial charge is 0.387 e. The lowest BCUT2D eigenvalue weighted by Crippen LogP contribution is -2.44. The molecule has 1 saturated carbocycles. The van der Waals surface area contributed by atoms with Crippen molar-refractivity contribution in [1.29, 1.82) is 0 Å². The molecule has 1 saturated heterocycles. The van der Waals surface area contributed by atoms with Gasteiger partial charge in [0.15, 0.2) is 11.5 Å². The van der Waals surface area contributed by atoms with Crippen molar-refractivity contribution in [3.63, 3.8) is 0 Å². The van der Waals surface area contributed by atoms with E-state index in [1.807, 2.05) is 0 Å². The van der Waals surface area contributed by atoms with Gasteiger partial charge in [0.05, 0.1) is 0 Å². The second kappa shape index (κ2) is 8.61. The monoisotopic (exact) mass is 382 g/mol. The Morgan fingerprint density at radius 2 is 1.74 bits per heavy atom. The van der Waals surface area contributed by atoms with E-state index in [9.17, 15) is 8.78 Å². The average molecular weight is 382 g/mol. The molecule has 7 heteroatoms. The minimum Gasteiger partial charge on any atom is -0.454 e. The van der Waals surface area contributed by atoms with E-state index >= 15 is 0 Å². The lowest BCUT2D eigenvalue weighted by atomic mass is 9.89. The molecule has 2 heterocycles. The predicted octanol–water partition coefficient (Wildman–Crippen LogP) is 3.90. The van der Waals surface area contributed by atoms with Gasteiger partial charge in [0, 0.05) is 30.3 Å². The Balaban J connectivity index is 1.32. The van der Waals surface area contributed by atoms with Gasteiger partial charge in [0.25, 0.3) is 0 Å². The molecule has 0 aromatic heterocycles. The highest BCUT2D eigenvalue weighted by Crippen LogP contribution is 2.39. The maximum Gasteiger partial charge on any atom is 0.387 e. The van der Waals surface area contributed by atoms with Crippen LogP contribution in [0.4, 0.5) is 8.78 Å². The summed E-state index contributed by atoms with van der Waals surface area (Å²) in [5.74, 6) is 1.20. The highest BCUT2D eigenvalue weighted by atomic mass is 19.3. The molecular formula is C20H28F2N2O3. The van der Waals surface area contributed by atoms with E-state index in [-0.39, 0.29) is 12.5 Å². The number of nitrogens with one attached hydrogen (secondary N) is 1. The first kappa shape index (κ1) is 18.7. The fourth-order valence-electron chi connectivity index (χ4n) is 4.49. The Kier molecular flexibility index (Phi) is 5.98. The molecule has 1 aliphatic carbocycles. The summed E-state index contributed by atoms with van der Waals surface area (Å²) < 4.78 is 40.8. The van der Waals surface area contributed by atoms with Gasteiger partial charge in [-0.3, -0.25) is 0 Å². The quantitative estimate of drug-likeness (QED) is 0.808. The zero-order valence-electron chi connectivity index (χ0n) is 15.6. The Morgan fingerprint density at radius 1 is 1.04 bits per heavy atom. The second-order valence-electron chi connectivity index (χ2n) is 7.67. The third-order valence-corrected chi connectivity index (χ3v) is 5.96. The van der Waals surface area contributed by atoms with Crippen molar-refractivity contribution in [3.05, 3.63) is 17.7 Å². The van der Waals surface area contributed by atoms with Gasteiger partial charge in [-0.2, -0.15) is 8.78 Å². The van der Waals surface area contributed by atoms with Crippen molar-refractivity contribution in [2.75, 3.05) is 19.9 Å². The first-order valence-corrected chi connectivity index (χ1v) is 10.0. The zero-order chi connectivity index (χ0) is 18.6. The van der Waals surface area contributed by atoms with Gasteiger partial charge in [-0.25, -0.2) is 0 Å². The maximum absolute atomic E-state index is 12.7. The first-order chi connectivity index (χ1) is 13.2. The fourth-order valence-corrected chi connectivity index (χ4v) is 4.49. The van der Waals surface area contributed by atoms with E-state index < -0.39 is 6.61 Å². The van der Waals surface area contributed by atoms with Gasteiger partial charge in [-0.15, -0.1) is 0 Å². The molecule has 0 spiro atoms. The molecule has 1 aromatic carbocycles. The average Bonchev–Trinajstić information content (AvgIpc) is 3.14. The molecule has 2 fully saturated rings. The van der Waals surface area contributed by atoms with E-state index in [4.69, 9.17) is 14.2 Å². The molecule has 0 radical (unpaired) electrons. The van der Waals surface area contributed by atoms with Crippen LogP contribution < -0.4 is 19.5 Å². The molecule has 1 N–H and O–H groups in total. The first-order valence-electron chi connectivity index (χ1n) is 10.0. The fraction of sp³-hybridized carbons (Fsp3) is 0.700. The van der Waals surface area contributed by atoms with Crippen LogP contribution in [-0.4, -0.2) is 43.5 Å². The molecule has 1 aromatic rings. The molecule has 4 rings (SSSR count). The molecule has 0 unspecified atom stereocenters. The summed E-state index contributed by atoms with van der Waals surface area (Å²) in [6.45, 7) is 0.227. The Labute approximate surface area is 159 Å². The molecule has 27 heavy (non-hydrogen) atoms. The number of likely N-dealkylation sites (tertiary alicyclic amines) is 1. The third-order valence-electron chi connectivity index (χ3n) is 5.96. The van der Waals surface area contributed by atoms with Crippen LogP contribution in [0, 0.1) is 0 Å². The number of rotatable bonds is 6. The SMILES string of the molecule is FC(F)Oc1cc2c(cc1CNC1CCC(N3CCCCC3)CC1)OCO2. The van der Waals surface area contributed by atoms with Gasteiger partial charge in [-0.05, 0) is 57.7 Å². The maximum atomic E-state index is 12.7. The molecule has 0 bridgehead atoms. The predicted molar refractivity (Wildman–Crippen MR) is 97.5 cm³/mol. The molecule has 0 atom stereocenters. The molecule has 150 valence electrons.